The molecular formula is C21H25N3S. The number of hydrogen-bond acceptors (Lipinski definition) is 4. The lowest BCUT2D eigenvalue weighted by molar-refractivity contribution is 0.308. The third kappa shape index (κ3) is 3.46. The van der Waals surface area contributed by atoms with Gasteiger partial charge in [-0.15, -0.1) is 11.8 Å². The molecule has 0 saturated heterocycles. The summed E-state index contributed by atoms with van der Waals surface area (Å²) in [5.41, 5.74) is 10.3. The molecule has 2 aliphatic rings. The highest BCUT2D eigenvalue weighted by Gasteiger charge is 2.31. The Morgan fingerprint density at radius 3 is 2.76 bits per heavy atom. The normalized spacial score (nSPS) is 29.1. The molecule has 130 valence electrons. The van der Waals surface area contributed by atoms with Crippen LogP contribution >= 0.6 is 11.8 Å². The summed E-state index contributed by atoms with van der Waals surface area (Å²) in [6.07, 6.45) is 9.56. The van der Waals surface area contributed by atoms with E-state index in [0.717, 1.165) is 12.8 Å². The Morgan fingerprint density at radius 2 is 1.96 bits per heavy atom. The number of nitrogens with two attached hydrogens (primary N) is 1. The Kier molecular flexibility index (Phi) is 4.82. The Labute approximate surface area is 154 Å². The third-order valence-electron chi connectivity index (χ3n) is 5.30. The van der Waals surface area contributed by atoms with Crippen LogP contribution < -0.4 is 10.6 Å². The summed E-state index contributed by atoms with van der Waals surface area (Å²) in [4.78, 5) is 6.80. The van der Waals surface area contributed by atoms with Crippen molar-refractivity contribution in [2.75, 3.05) is 4.90 Å². The molecule has 0 spiro atoms. The number of pyridine rings is 1. The lowest BCUT2D eigenvalue weighted by Gasteiger charge is -2.35. The second kappa shape index (κ2) is 7.22. The van der Waals surface area contributed by atoms with Gasteiger partial charge < -0.3 is 10.6 Å². The van der Waals surface area contributed by atoms with Gasteiger partial charge in [-0.3, -0.25) is 4.98 Å². The molecule has 1 aliphatic heterocycles. The van der Waals surface area contributed by atoms with Crippen molar-refractivity contribution < 1.29 is 0 Å². The fraction of sp³-hybridized carbons (Fsp3) is 0.381. The van der Waals surface area contributed by atoms with Crippen LogP contribution in [0.25, 0.3) is 0 Å². The van der Waals surface area contributed by atoms with Gasteiger partial charge in [0.25, 0.3) is 0 Å². The van der Waals surface area contributed by atoms with Gasteiger partial charge in [0.1, 0.15) is 5.37 Å². The van der Waals surface area contributed by atoms with E-state index >= 15 is 0 Å². The number of benzene rings is 1. The largest absolute Gasteiger partial charge is 0.329 e. The highest BCUT2D eigenvalue weighted by Crippen LogP contribution is 2.46. The van der Waals surface area contributed by atoms with Crippen molar-refractivity contribution in [3.63, 3.8) is 0 Å². The molecule has 2 N–H and O–H groups in total. The van der Waals surface area contributed by atoms with Crippen LogP contribution in [0.1, 0.15) is 48.6 Å². The minimum Gasteiger partial charge on any atom is -0.329 e. The summed E-state index contributed by atoms with van der Waals surface area (Å²) >= 11 is 1.85. The maximum Gasteiger partial charge on any atom is 0.109 e. The second-order valence-electron chi connectivity index (χ2n) is 7.30. The van der Waals surface area contributed by atoms with Crippen LogP contribution in [0.15, 0.2) is 60.4 Å². The van der Waals surface area contributed by atoms with E-state index in [9.17, 15) is 0 Å². The average molecular weight is 352 g/mol. The molecule has 1 saturated carbocycles. The molecule has 1 aliphatic carbocycles. The van der Waals surface area contributed by atoms with Crippen molar-refractivity contribution in [1.82, 2.24) is 4.98 Å². The van der Waals surface area contributed by atoms with E-state index in [4.69, 9.17) is 5.73 Å². The van der Waals surface area contributed by atoms with E-state index in [-0.39, 0.29) is 5.37 Å². The average Bonchev–Trinajstić information content (AvgIpc) is 3.11. The molecule has 2 heterocycles. The van der Waals surface area contributed by atoms with Crippen molar-refractivity contribution in [2.45, 2.75) is 43.5 Å². The summed E-state index contributed by atoms with van der Waals surface area (Å²) in [6, 6.07) is 13.2. The first-order valence-corrected chi connectivity index (χ1v) is 10.0. The van der Waals surface area contributed by atoms with Crippen molar-refractivity contribution in [3.8, 4) is 0 Å². The van der Waals surface area contributed by atoms with E-state index in [1.54, 1.807) is 0 Å². The summed E-state index contributed by atoms with van der Waals surface area (Å²) in [5, 5.41) is 2.46. The minimum atomic E-state index is 0.277. The number of nitrogens with zero attached hydrogens (tertiary/aromatic N) is 2. The molecule has 4 unspecified atom stereocenters. The van der Waals surface area contributed by atoms with Crippen LogP contribution in [0.5, 0.6) is 0 Å². The zero-order valence-electron chi connectivity index (χ0n) is 14.6. The standard InChI is InChI=1S/C21H25N3S/c1-15-11-17(13-18(22)12-15)19-7-8-23-14-20(19)24-9-10-25-21(24)16-5-3-2-4-6-16/h2-10,14-15,17-18,21H,11-13,22H2,1H3. The lowest BCUT2D eigenvalue weighted by atomic mass is 9.76. The first-order chi connectivity index (χ1) is 12.2. The van der Waals surface area contributed by atoms with Gasteiger partial charge in [0, 0.05) is 18.4 Å². The molecule has 4 heteroatoms. The molecule has 4 rings (SSSR count). The topological polar surface area (TPSA) is 42.1 Å². The molecule has 1 aromatic heterocycles. The molecule has 1 aromatic carbocycles. The first-order valence-electron chi connectivity index (χ1n) is 9.07. The van der Waals surface area contributed by atoms with Crippen LogP contribution in [-0.4, -0.2) is 11.0 Å². The predicted octanol–water partition coefficient (Wildman–Crippen LogP) is 5.04. The van der Waals surface area contributed by atoms with E-state index in [0.29, 0.717) is 17.9 Å². The fourth-order valence-corrected chi connectivity index (χ4v) is 5.23. The van der Waals surface area contributed by atoms with Crippen LogP contribution in [0.3, 0.4) is 0 Å². The smallest absolute Gasteiger partial charge is 0.109 e. The van der Waals surface area contributed by atoms with Gasteiger partial charge in [-0.1, -0.05) is 37.3 Å². The maximum absolute atomic E-state index is 6.33. The van der Waals surface area contributed by atoms with E-state index in [1.165, 1.54) is 23.2 Å². The third-order valence-corrected chi connectivity index (χ3v) is 6.33. The number of aromatic nitrogens is 1. The highest BCUT2D eigenvalue weighted by molar-refractivity contribution is 8.02. The van der Waals surface area contributed by atoms with Gasteiger partial charge in [0.2, 0.25) is 0 Å². The predicted molar refractivity (Wildman–Crippen MR) is 106 cm³/mol. The van der Waals surface area contributed by atoms with Gasteiger partial charge in [-0.25, -0.2) is 0 Å². The zero-order valence-corrected chi connectivity index (χ0v) is 15.4. The van der Waals surface area contributed by atoms with Crippen molar-refractivity contribution in [1.29, 1.82) is 0 Å². The summed E-state index contributed by atoms with van der Waals surface area (Å²) in [7, 11) is 0. The summed E-state index contributed by atoms with van der Waals surface area (Å²) in [6.45, 7) is 2.32. The van der Waals surface area contributed by atoms with Gasteiger partial charge in [0.15, 0.2) is 0 Å². The zero-order chi connectivity index (χ0) is 17.2. The molecular weight excluding hydrogens is 326 g/mol. The Morgan fingerprint density at radius 1 is 1.12 bits per heavy atom. The molecule has 1 fully saturated rings. The number of thioether (sulfide) groups is 1. The lowest BCUT2D eigenvalue weighted by Crippen LogP contribution is -2.31. The second-order valence-corrected chi connectivity index (χ2v) is 8.29. The number of hydrogen-bond donors (Lipinski definition) is 1. The van der Waals surface area contributed by atoms with E-state index < -0.39 is 0 Å². The number of anilines is 1. The molecule has 25 heavy (non-hydrogen) atoms. The van der Waals surface area contributed by atoms with Crippen LogP contribution in [0.4, 0.5) is 5.69 Å². The molecule has 3 nitrogen and oxygen atoms in total. The maximum atomic E-state index is 6.33. The Hall–Kier alpha value is -1.78. The monoisotopic (exact) mass is 351 g/mol. The molecule has 0 amide bonds. The van der Waals surface area contributed by atoms with Gasteiger partial charge >= 0.3 is 0 Å². The fourth-order valence-electron chi connectivity index (χ4n) is 4.25. The van der Waals surface area contributed by atoms with Crippen LogP contribution in [0.2, 0.25) is 0 Å². The van der Waals surface area contributed by atoms with Gasteiger partial charge in [-0.2, -0.15) is 0 Å². The van der Waals surface area contributed by atoms with Crippen molar-refractivity contribution in [2.24, 2.45) is 11.7 Å². The first kappa shape index (κ1) is 16.7. The summed E-state index contributed by atoms with van der Waals surface area (Å²) < 4.78 is 0. The van der Waals surface area contributed by atoms with Crippen LogP contribution in [-0.2, 0) is 0 Å². The Balaban J connectivity index is 1.67. The molecule has 2 aromatic rings. The van der Waals surface area contributed by atoms with Crippen molar-refractivity contribution >= 4 is 17.4 Å². The van der Waals surface area contributed by atoms with E-state index in [1.807, 2.05) is 24.2 Å². The SMILES string of the molecule is CC1CC(N)CC(c2ccncc2N2C=CSC2c2ccccc2)C1. The van der Waals surface area contributed by atoms with Gasteiger partial charge in [-0.05, 0) is 53.7 Å². The van der Waals surface area contributed by atoms with Crippen LogP contribution in [0, 0.1) is 5.92 Å². The summed E-state index contributed by atoms with van der Waals surface area (Å²) in [5.74, 6) is 1.20. The highest BCUT2D eigenvalue weighted by atomic mass is 32.2. The molecule has 0 radical (unpaired) electrons. The Bertz CT molecular complexity index is 736. The van der Waals surface area contributed by atoms with E-state index in [2.05, 4.69) is 64.8 Å². The molecule has 0 bridgehead atoms. The molecule has 4 atom stereocenters. The minimum absolute atomic E-state index is 0.277. The number of rotatable bonds is 3. The quantitative estimate of drug-likeness (QED) is 0.841. The van der Waals surface area contributed by atoms with Crippen molar-refractivity contribution in [3.05, 3.63) is 71.5 Å². The van der Waals surface area contributed by atoms with Gasteiger partial charge in [0.05, 0.1) is 11.9 Å².